The number of likely N-dealkylation sites (tertiary alicyclic amines) is 1. The van der Waals surface area contributed by atoms with E-state index >= 15 is 0 Å². The molecule has 0 radical (unpaired) electrons. The largest absolute Gasteiger partial charge is 0.447 e. The van der Waals surface area contributed by atoms with E-state index in [1.165, 1.54) is 0 Å². The molecule has 1 aliphatic heterocycles. The molecule has 3 N–H and O–H groups in total. The quantitative estimate of drug-likeness (QED) is 0.346. The molecule has 110 valence electrons. The van der Waals surface area contributed by atoms with Crippen molar-refractivity contribution in [2.75, 3.05) is 13.1 Å². The molecular weight excluding hydrogens is 250 g/mol. The lowest BCUT2D eigenvalue weighted by atomic mass is 10.1. The predicted molar refractivity (Wildman–Crippen MR) is 70.2 cm³/mol. The average molecular weight is 273 g/mol. The summed E-state index contributed by atoms with van der Waals surface area (Å²) < 4.78 is 10.8. The van der Waals surface area contributed by atoms with Gasteiger partial charge in [-0.15, -0.1) is 0 Å². The van der Waals surface area contributed by atoms with E-state index in [0.717, 1.165) is 12.8 Å². The Morgan fingerprint density at radius 3 is 2.42 bits per heavy atom. The second-order valence-corrected chi connectivity index (χ2v) is 4.92. The number of hydrogen-bond donors (Lipinski definition) is 2. The van der Waals surface area contributed by atoms with E-state index in [1.54, 1.807) is 11.8 Å². The fraction of sp³-hybridized carbons (Fsp3) is 0.833. The molecule has 1 fully saturated rings. The van der Waals surface area contributed by atoms with Crippen molar-refractivity contribution in [2.24, 2.45) is 10.9 Å². The molecule has 0 spiro atoms. The number of ether oxygens (including phenoxy) is 2. The van der Waals surface area contributed by atoms with Crippen molar-refractivity contribution in [3.63, 3.8) is 0 Å². The second kappa shape index (κ2) is 7.18. The summed E-state index contributed by atoms with van der Waals surface area (Å²) in [5, 5.41) is 11.5. The molecule has 1 aliphatic rings. The molecule has 0 saturated carbocycles. The van der Waals surface area contributed by atoms with E-state index in [1.807, 2.05) is 13.8 Å². The van der Waals surface area contributed by atoms with Gasteiger partial charge in [0.25, 0.3) is 0 Å². The lowest BCUT2D eigenvalue weighted by molar-refractivity contribution is -0.0121. The molecule has 0 aliphatic carbocycles. The SMILES string of the molecule is CC(C)OC(=O)N1CCC(OC(C)C(N)=NO)CC1. The molecule has 7 nitrogen and oxygen atoms in total. The molecular formula is C12H23N3O4. The molecule has 1 heterocycles. The summed E-state index contributed by atoms with van der Waals surface area (Å²) >= 11 is 0. The topological polar surface area (TPSA) is 97.4 Å². The fourth-order valence-electron chi connectivity index (χ4n) is 1.89. The van der Waals surface area contributed by atoms with E-state index in [4.69, 9.17) is 20.4 Å². The van der Waals surface area contributed by atoms with Crippen molar-refractivity contribution in [3.8, 4) is 0 Å². The Hall–Kier alpha value is -1.50. The van der Waals surface area contributed by atoms with Crippen LogP contribution in [-0.4, -0.2) is 53.4 Å². The number of oxime groups is 1. The van der Waals surface area contributed by atoms with Gasteiger partial charge in [-0.05, 0) is 33.6 Å². The molecule has 0 aromatic heterocycles. The maximum atomic E-state index is 11.7. The maximum absolute atomic E-state index is 11.7. The van der Waals surface area contributed by atoms with Crippen LogP contribution in [0.1, 0.15) is 33.6 Å². The van der Waals surface area contributed by atoms with Gasteiger partial charge in [0.1, 0.15) is 6.10 Å². The zero-order chi connectivity index (χ0) is 14.4. The molecule has 1 amide bonds. The summed E-state index contributed by atoms with van der Waals surface area (Å²) in [6, 6.07) is 0. The molecule has 19 heavy (non-hydrogen) atoms. The van der Waals surface area contributed by atoms with Gasteiger partial charge in [0.05, 0.1) is 12.2 Å². The van der Waals surface area contributed by atoms with Crippen LogP contribution in [0.15, 0.2) is 5.16 Å². The number of amidine groups is 1. The molecule has 0 bridgehead atoms. The van der Waals surface area contributed by atoms with Crippen LogP contribution < -0.4 is 5.73 Å². The summed E-state index contributed by atoms with van der Waals surface area (Å²) in [5.41, 5.74) is 5.45. The summed E-state index contributed by atoms with van der Waals surface area (Å²) in [6.07, 6.45) is 0.634. The Bertz CT molecular complexity index is 325. The third-order valence-corrected chi connectivity index (χ3v) is 2.97. The smallest absolute Gasteiger partial charge is 0.410 e. The van der Waals surface area contributed by atoms with Crippen LogP contribution in [0.2, 0.25) is 0 Å². The first kappa shape index (κ1) is 15.6. The third-order valence-electron chi connectivity index (χ3n) is 2.97. The fourth-order valence-corrected chi connectivity index (χ4v) is 1.89. The number of amides is 1. The van der Waals surface area contributed by atoms with Crippen LogP contribution in [0.25, 0.3) is 0 Å². The number of nitrogens with zero attached hydrogens (tertiary/aromatic N) is 2. The van der Waals surface area contributed by atoms with Gasteiger partial charge in [0.2, 0.25) is 0 Å². The van der Waals surface area contributed by atoms with Gasteiger partial charge in [-0.2, -0.15) is 0 Å². The number of rotatable bonds is 4. The number of piperidine rings is 1. The van der Waals surface area contributed by atoms with Crippen LogP contribution >= 0.6 is 0 Å². The lowest BCUT2D eigenvalue weighted by Crippen LogP contribution is -2.43. The summed E-state index contributed by atoms with van der Waals surface area (Å²) in [4.78, 5) is 13.4. The Morgan fingerprint density at radius 2 is 1.95 bits per heavy atom. The average Bonchev–Trinajstić information content (AvgIpc) is 2.37. The highest BCUT2D eigenvalue weighted by Crippen LogP contribution is 2.16. The Morgan fingerprint density at radius 1 is 1.37 bits per heavy atom. The second-order valence-electron chi connectivity index (χ2n) is 4.92. The van der Waals surface area contributed by atoms with Gasteiger partial charge < -0.3 is 25.3 Å². The van der Waals surface area contributed by atoms with Crippen LogP contribution in [0.5, 0.6) is 0 Å². The Balaban J connectivity index is 2.35. The van der Waals surface area contributed by atoms with Crippen molar-refractivity contribution < 1.29 is 19.5 Å². The normalized spacial score (nSPS) is 19.6. The number of carbonyl (C=O) groups excluding carboxylic acids is 1. The number of nitrogens with two attached hydrogens (primary N) is 1. The molecule has 7 heteroatoms. The van der Waals surface area contributed by atoms with Crippen LogP contribution in [0.4, 0.5) is 4.79 Å². The van der Waals surface area contributed by atoms with E-state index < -0.39 is 6.10 Å². The van der Waals surface area contributed by atoms with Crippen molar-refractivity contribution in [1.29, 1.82) is 0 Å². The van der Waals surface area contributed by atoms with Gasteiger partial charge in [-0.3, -0.25) is 0 Å². The van der Waals surface area contributed by atoms with Gasteiger partial charge in [-0.25, -0.2) is 4.79 Å². The monoisotopic (exact) mass is 273 g/mol. The van der Waals surface area contributed by atoms with E-state index in [-0.39, 0.29) is 24.1 Å². The molecule has 0 aromatic carbocycles. The minimum absolute atomic E-state index is 0.0124. The highest BCUT2D eigenvalue weighted by molar-refractivity contribution is 5.83. The molecule has 0 aromatic rings. The van der Waals surface area contributed by atoms with Crippen LogP contribution in [0.3, 0.4) is 0 Å². The Labute approximate surface area is 113 Å². The standard InChI is InChI=1S/C12H23N3O4/c1-8(2)18-12(16)15-6-4-10(5-7-15)19-9(3)11(13)14-17/h8-10,17H,4-7H2,1-3H3,(H2,13,14). The van der Waals surface area contributed by atoms with E-state index in [2.05, 4.69) is 5.16 Å². The summed E-state index contributed by atoms with van der Waals surface area (Å²) in [6.45, 7) is 6.57. The minimum Gasteiger partial charge on any atom is -0.447 e. The molecule has 1 saturated heterocycles. The zero-order valence-corrected chi connectivity index (χ0v) is 11.7. The van der Waals surface area contributed by atoms with Crippen molar-refractivity contribution in [2.45, 2.75) is 51.9 Å². The Kier molecular flexibility index (Phi) is 5.88. The van der Waals surface area contributed by atoms with Gasteiger partial charge in [0.15, 0.2) is 5.84 Å². The van der Waals surface area contributed by atoms with Crippen molar-refractivity contribution in [1.82, 2.24) is 4.90 Å². The molecule has 1 unspecified atom stereocenters. The predicted octanol–water partition coefficient (Wildman–Crippen LogP) is 1.15. The van der Waals surface area contributed by atoms with Gasteiger partial charge in [-0.1, -0.05) is 5.16 Å². The first-order valence-electron chi connectivity index (χ1n) is 6.52. The van der Waals surface area contributed by atoms with E-state index in [0.29, 0.717) is 13.1 Å². The van der Waals surface area contributed by atoms with E-state index in [9.17, 15) is 4.79 Å². The third kappa shape index (κ3) is 4.94. The highest BCUT2D eigenvalue weighted by Gasteiger charge is 2.26. The minimum atomic E-state index is -0.427. The van der Waals surface area contributed by atoms with Gasteiger partial charge >= 0.3 is 6.09 Å². The van der Waals surface area contributed by atoms with Crippen molar-refractivity contribution >= 4 is 11.9 Å². The first-order chi connectivity index (χ1) is 8.93. The lowest BCUT2D eigenvalue weighted by Gasteiger charge is -2.32. The maximum Gasteiger partial charge on any atom is 0.410 e. The van der Waals surface area contributed by atoms with Crippen LogP contribution in [-0.2, 0) is 9.47 Å². The molecule has 1 atom stereocenters. The van der Waals surface area contributed by atoms with Crippen molar-refractivity contribution in [3.05, 3.63) is 0 Å². The highest BCUT2D eigenvalue weighted by atomic mass is 16.6. The number of hydrogen-bond acceptors (Lipinski definition) is 5. The number of carbonyl (C=O) groups is 1. The zero-order valence-electron chi connectivity index (χ0n) is 11.7. The molecule has 1 rings (SSSR count). The summed E-state index contributed by atoms with van der Waals surface area (Å²) in [7, 11) is 0. The summed E-state index contributed by atoms with van der Waals surface area (Å²) in [5.74, 6) is 0.0571. The van der Waals surface area contributed by atoms with Gasteiger partial charge in [0, 0.05) is 13.1 Å². The van der Waals surface area contributed by atoms with Crippen LogP contribution in [0, 0.1) is 0 Å². The first-order valence-corrected chi connectivity index (χ1v) is 6.52.